The summed E-state index contributed by atoms with van der Waals surface area (Å²) in [7, 11) is 0. The van der Waals surface area contributed by atoms with Crippen molar-refractivity contribution in [3.63, 3.8) is 0 Å². The van der Waals surface area contributed by atoms with Crippen molar-refractivity contribution in [3.05, 3.63) is 49.9 Å². The van der Waals surface area contributed by atoms with Crippen molar-refractivity contribution in [2.75, 3.05) is 0 Å². The van der Waals surface area contributed by atoms with Crippen molar-refractivity contribution in [1.82, 2.24) is 10.3 Å². The summed E-state index contributed by atoms with van der Waals surface area (Å²) in [5.74, 6) is 0.0222. The highest BCUT2D eigenvalue weighted by atomic mass is 32.1. The Morgan fingerprint density at radius 1 is 1.32 bits per heavy atom. The number of nitrogens with one attached hydrogen (secondary N) is 2. The third-order valence-corrected chi connectivity index (χ3v) is 4.19. The van der Waals surface area contributed by atoms with Gasteiger partial charge < -0.3 is 10.3 Å². The summed E-state index contributed by atoms with van der Waals surface area (Å²) < 4.78 is 0.721. The first-order valence-corrected chi connectivity index (χ1v) is 7.28. The van der Waals surface area contributed by atoms with Crippen LogP contribution in [0.25, 0.3) is 0 Å². The highest BCUT2D eigenvalue weighted by Crippen LogP contribution is 2.15. The van der Waals surface area contributed by atoms with Crippen LogP contribution in [-0.2, 0) is 17.8 Å². The minimum Gasteiger partial charge on any atom is -0.352 e. The Balaban J connectivity index is 1.90. The zero-order valence-corrected chi connectivity index (χ0v) is 12.6. The lowest BCUT2D eigenvalue weighted by Gasteiger charge is -2.05. The van der Waals surface area contributed by atoms with Crippen LogP contribution in [0.15, 0.2) is 24.3 Å². The molecule has 0 spiro atoms. The summed E-state index contributed by atoms with van der Waals surface area (Å²) in [5, 5.41) is 2.92. The molecule has 2 rings (SSSR count). The minimum atomic E-state index is 0.0222. The van der Waals surface area contributed by atoms with Crippen molar-refractivity contribution >= 4 is 29.5 Å². The first-order valence-electron chi connectivity index (χ1n) is 6.05. The van der Waals surface area contributed by atoms with E-state index in [1.807, 2.05) is 38.1 Å². The molecule has 0 radical (unpaired) electrons. The van der Waals surface area contributed by atoms with Gasteiger partial charge in [-0.25, -0.2) is 0 Å². The number of thiazole rings is 1. The van der Waals surface area contributed by atoms with Crippen LogP contribution in [-0.4, -0.2) is 10.9 Å². The van der Waals surface area contributed by atoms with E-state index in [1.165, 1.54) is 16.9 Å². The van der Waals surface area contributed by atoms with E-state index in [4.69, 9.17) is 12.2 Å². The van der Waals surface area contributed by atoms with E-state index >= 15 is 0 Å². The van der Waals surface area contributed by atoms with E-state index < -0.39 is 0 Å². The monoisotopic (exact) mass is 292 g/mol. The molecule has 0 atom stereocenters. The molecule has 2 N–H and O–H groups in total. The van der Waals surface area contributed by atoms with E-state index in [1.54, 1.807) is 0 Å². The molecule has 2 aromatic rings. The van der Waals surface area contributed by atoms with Gasteiger partial charge in [-0.05, 0) is 31.6 Å². The Kier molecular flexibility index (Phi) is 4.50. The third-order valence-electron chi connectivity index (χ3n) is 2.86. The number of H-pyrrole nitrogens is 1. The van der Waals surface area contributed by atoms with Gasteiger partial charge >= 0.3 is 0 Å². The van der Waals surface area contributed by atoms with Crippen molar-refractivity contribution < 1.29 is 4.79 Å². The molecule has 0 saturated heterocycles. The lowest BCUT2D eigenvalue weighted by Crippen LogP contribution is -2.24. The minimum absolute atomic E-state index is 0.0222. The van der Waals surface area contributed by atoms with Gasteiger partial charge in [-0.15, -0.1) is 11.3 Å². The first kappa shape index (κ1) is 14.0. The summed E-state index contributed by atoms with van der Waals surface area (Å²) in [5.41, 5.74) is 3.32. The molecule has 1 aromatic carbocycles. The topological polar surface area (TPSA) is 44.9 Å². The number of aromatic nitrogens is 1. The molecule has 0 aliphatic carbocycles. The predicted molar refractivity (Wildman–Crippen MR) is 81.0 cm³/mol. The second kappa shape index (κ2) is 6.12. The molecule has 1 aromatic heterocycles. The van der Waals surface area contributed by atoms with Crippen LogP contribution in [0.2, 0.25) is 0 Å². The average molecular weight is 292 g/mol. The number of carbonyl (C=O) groups is 1. The van der Waals surface area contributed by atoms with Crippen LogP contribution >= 0.6 is 23.6 Å². The second-order valence-corrected chi connectivity index (χ2v) is 6.27. The van der Waals surface area contributed by atoms with Crippen LogP contribution in [0.4, 0.5) is 0 Å². The van der Waals surface area contributed by atoms with Gasteiger partial charge in [0.1, 0.15) is 0 Å². The quantitative estimate of drug-likeness (QED) is 0.849. The van der Waals surface area contributed by atoms with E-state index in [9.17, 15) is 4.79 Å². The van der Waals surface area contributed by atoms with Gasteiger partial charge in [-0.3, -0.25) is 4.79 Å². The summed E-state index contributed by atoms with van der Waals surface area (Å²) in [6.45, 7) is 4.55. The molecule has 0 bridgehead atoms. The van der Waals surface area contributed by atoms with Crippen molar-refractivity contribution in [1.29, 1.82) is 0 Å². The van der Waals surface area contributed by atoms with E-state index in [-0.39, 0.29) is 5.91 Å². The van der Waals surface area contributed by atoms with Crippen LogP contribution in [0.5, 0.6) is 0 Å². The van der Waals surface area contributed by atoms with Crippen molar-refractivity contribution in [3.8, 4) is 0 Å². The van der Waals surface area contributed by atoms with Crippen molar-refractivity contribution in [2.45, 2.75) is 26.8 Å². The van der Waals surface area contributed by atoms with Crippen LogP contribution < -0.4 is 5.32 Å². The lowest BCUT2D eigenvalue weighted by molar-refractivity contribution is -0.120. The number of carbonyl (C=O) groups excluding carboxylic acids is 1. The molecule has 3 nitrogen and oxygen atoms in total. The number of aryl methyl sites for hydroxylation is 2. The predicted octanol–water partition coefficient (Wildman–Crippen LogP) is 3.28. The van der Waals surface area contributed by atoms with Gasteiger partial charge in [0.05, 0.1) is 6.42 Å². The molecular formula is C14H16N2OS2. The van der Waals surface area contributed by atoms with Gasteiger partial charge in [-0.2, -0.15) is 0 Å². The van der Waals surface area contributed by atoms with Gasteiger partial charge in [-0.1, -0.05) is 29.8 Å². The number of hydrogen-bond donors (Lipinski definition) is 2. The maximum Gasteiger partial charge on any atom is 0.225 e. The first-order chi connectivity index (χ1) is 9.04. The zero-order chi connectivity index (χ0) is 13.8. The van der Waals surface area contributed by atoms with Gasteiger partial charge in [0.15, 0.2) is 3.95 Å². The van der Waals surface area contributed by atoms with Crippen molar-refractivity contribution in [2.24, 2.45) is 0 Å². The fourth-order valence-electron chi connectivity index (χ4n) is 1.72. The van der Waals surface area contributed by atoms with E-state index in [0.717, 1.165) is 20.1 Å². The molecule has 0 aliphatic rings. The Morgan fingerprint density at radius 3 is 2.58 bits per heavy atom. The normalized spacial score (nSPS) is 10.4. The molecule has 0 aliphatic heterocycles. The lowest BCUT2D eigenvalue weighted by atomic mass is 10.1. The summed E-state index contributed by atoms with van der Waals surface area (Å²) in [6, 6.07) is 8.15. The number of rotatable bonds is 4. The Labute approximate surface area is 121 Å². The van der Waals surface area contributed by atoms with Crippen LogP contribution in [0.1, 0.15) is 21.7 Å². The number of hydrogen-bond acceptors (Lipinski definition) is 3. The van der Waals surface area contributed by atoms with E-state index in [0.29, 0.717) is 13.0 Å². The van der Waals surface area contributed by atoms with Gasteiger partial charge in [0, 0.05) is 17.1 Å². The molecular weight excluding hydrogens is 276 g/mol. The fraction of sp³-hybridized carbons (Fsp3) is 0.286. The molecule has 0 fully saturated rings. The largest absolute Gasteiger partial charge is 0.352 e. The highest BCUT2D eigenvalue weighted by molar-refractivity contribution is 7.73. The zero-order valence-electron chi connectivity index (χ0n) is 10.9. The maximum atomic E-state index is 11.9. The van der Waals surface area contributed by atoms with Gasteiger partial charge in [0.2, 0.25) is 5.91 Å². The summed E-state index contributed by atoms with van der Waals surface area (Å²) >= 11 is 6.52. The molecule has 19 heavy (non-hydrogen) atoms. The standard InChI is InChI=1S/C14H16N2OS2/c1-9-3-5-11(6-4-9)8-15-13(17)7-12-10(2)16-14(18)19-12/h3-6H,7-8H2,1-2H3,(H,15,17)(H,16,18). The molecule has 0 saturated carbocycles. The van der Waals surface area contributed by atoms with Gasteiger partial charge in [0.25, 0.3) is 0 Å². The Hall–Kier alpha value is -1.46. The Morgan fingerprint density at radius 2 is 2.00 bits per heavy atom. The molecule has 100 valence electrons. The van der Waals surface area contributed by atoms with Crippen LogP contribution in [0.3, 0.4) is 0 Å². The third kappa shape index (κ3) is 4.01. The SMILES string of the molecule is Cc1ccc(CNC(=O)Cc2sc(=S)[nH]c2C)cc1. The molecule has 1 amide bonds. The summed E-state index contributed by atoms with van der Waals surface area (Å²) in [6.07, 6.45) is 0.384. The molecule has 0 unspecified atom stereocenters. The van der Waals surface area contributed by atoms with Crippen LogP contribution in [0, 0.1) is 17.8 Å². The second-order valence-electron chi connectivity index (χ2n) is 4.50. The van der Waals surface area contributed by atoms with E-state index in [2.05, 4.69) is 10.3 Å². The maximum absolute atomic E-state index is 11.9. The summed E-state index contributed by atoms with van der Waals surface area (Å²) in [4.78, 5) is 15.9. The fourth-order valence-corrected chi connectivity index (χ4v) is 3.01. The molecule has 5 heteroatoms. The number of benzene rings is 1. The number of aromatic amines is 1. The Bertz CT molecular complexity index is 626. The molecule has 1 heterocycles. The smallest absolute Gasteiger partial charge is 0.225 e. The highest BCUT2D eigenvalue weighted by Gasteiger charge is 2.08. The average Bonchev–Trinajstić information content (AvgIpc) is 2.67. The number of amides is 1.